The lowest BCUT2D eigenvalue weighted by atomic mass is 10.0. The van der Waals surface area contributed by atoms with Gasteiger partial charge in [0, 0.05) is 23.5 Å². The van der Waals surface area contributed by atoms with Crippen molar-refractivity contribution >= 4 is 17.3 Å². The summed E-state index contributed by atoms with van der Waals surface area (Å²) in [5.74, 6) is 0.892. The number of aryl methyl sites for hydroxylation is 1. The molecule has 0 aromatic heterocycles. The Morgan fingerprint density at radius 1 is 0.935 bits per heavy atom. The number of hydrogen-bond donors (Lipinski definition) is 3. The fraction of sp³-hybridized carbons (Fsp3) is 0.160. The van der Waals surface area contributed by atoms with E-state index in [4.69, 9.17) is 9.47 Å². The van der Waals surface area contributed by atoms with Gasteiger partial charge in [0.2, 0.25) is 0 Å². The van der Waals surface area contributed by atoms with Gasteiger partial charge < -0.3 is 25.4 Å². The zero-order valence-corrected chi connectivity index (χ0v) is 17.7. The molecule has 0 bridgehead atoms. The van der Waals surface area contributed by atoms with Crippen LogP contribution < -0.4 is 25.4 Å². The first-order chi connectivity index (χ1) is 15.1. The molecule has 4 rings (SSSR count). The van der Waals surface area contributed by atoms with Crippen LogP contribution >= 0.6 is 0 Å². The minimum Gasteiger partial charge on any atom is -0.497 e. The Hall–Kier alpha value is -3.93. The molecule has 158 valence electrons. The maximum Gasteiger partial charge on any atom is 0.255 e. The van der Waals surface area contributed by atoms with Crippen LogP contribution in [0.3, 0.4) is 0 Å². The van der Waals surface area contributed by atoms with Crippen LogP contribution in [0.4, 0.5) is 5.69 Å². The molecule has 6 heteroatoms. The molecule has 1 aliphatic rings. The summed E-state index contributed by atoms with van der Waals surface area (Å²) in [5, 5.41) is 9.87. The number of ether oxygens (including phenoxy) is 2. The van der Waals surface area contributed by atoms with E-state index in [1.165, 1.54) is 0 Å². The predicted molar refractivity (Wildman–Crippen MR) is 122 cm³/mol. The Kier molecular flexibility index (Phi) is 5.80. The van der Waals surface area contributed by atoms with Crippen LogP contribution in [-0.4, -0.2) is 20.1 Å². The third kappa shape index (κ3) is 4.48. The lowest BCUT2D eigenvalue weighted by molar-refractivity contribution is 0.102. The second kappa shape index (κ2) is 8.83. The highest BCUT2D eigenvalue weighted by Crippen LogP contribution is 2.28. The largest absolute Gasteiger partial charge is 0.497 e. The third-order valence-corrected chi connectivity index (χ3v) is 5.24. The molecule has 1 aliphatic heterocycles. The van der Waals surface area contributed by atoms with Gasteiger partial charge in [-0.2, -0.15) is 0 Å². The van der Waals surface area contributed by atoms with E-state index in [0.717, 1.165) is 22.4 Å². The Morgan fingerprint density at radius 3 is 2.32 bits per heavy atom. The molecule has 1 heterocycles. The van der Waals surface area contributed by atoms with Gasteiger partial charge in [-0.25, -0.2) is 0 Å². The summed E-state index contributed by atoms with van der Waals surface area (Å²) < 4.78 is 10.5. The summed E-state index contributed by atoms with van der Waals surface area (Å²) in [7, 11) is 3.12. The SMILES string of the molecule is COc1cc(OC)cc(C(=O)Nc2ccc(C)c(C3NC=C(c4ccccc4)N3)c2)c1. The lowest BCUT2D eigenvalue weighted by Crippen LogP contribution is -2.23. The van der Waals surface area contributed by atoms with Crippen molar-refractivity contribution in [2.45, 2.75) is 13.1 Å². The first-order valence-electron chi connectivity index (χ1n) is 10.0. The molecule has 6 nitrogen and oxygen atoms in total. The molecule has 0 spiro atoms. The quantitative estimate of drug-likeness (QED) is 0.555. The number of benzene rings is 3. The number of carbonyl (C=O) groups is 1. The molecule has 0 fully saturated rings. The van der Waals surface area contributed by atoms with Crippen molar-refractivity contribution in [2.24, 2.45) is 0 Å². The predicted octanol–water partition coefficient (Wildman–Crippen LogP) is 4.45. The number of amides is 1. The van der Waals surface area contributed by atoms with Crippen LogP contribution in [-0.2, 0) is 0 Å². The van der Waals surface area contributed by atoms with E-state index in [0.29, 0.717) is 22.7 Å². The second-order valence-electron chi connectivity index (χ2n) is 7.29. The highest BCUT2D eigenvalue weighted by molar-refractivity contribution is 6.04. The summed E-state index contributed by atoms with van der Waals surface area (Å²) in [5.41, 5.74) is 5.50. The smallest absolute Gasteiger partial charge is 0.255 e. The molecule has 0 saturated carbocycles. The first-order valence-corrected chi connectivity index (χ1v) is 10.0. The maximum absolute atomic E-state index is 12.8. The van der Waals surface area contributed by atoms with Crippen molar-refractivity contribution in [1.82, 2.24) is 10.6 Å². The van der Waals surface area contributed by atoms with Crippen LogP contribution in [0.1, 0.15) is 33.2 Å². The standard InChI is InChI=1S/C25H25N3O3/c1-16-9-10-19(27-25(29)18-11-20(30-2)14-21(12-18)31-3)13-22(16)24-26-15-23(28-24)17-7-5-4-6-8-17/h4-15,24,26,28H,1-3H3,(H,27,29). The molecule has 31 heavy (non-hydrogen) atoms. The average molecular weight is 415 g/mol. The number of hydrogen-bond acceptors (Lipinski definition) is 5. The van der Waals surface area contributed by atoms with Crippen LogP contribution in [0.25, 0.3) is 5.70 Å². The Morgan fingerprint density at radius 2 is 1.65 bits per heavy atom. The lowest BCUT2D eigenvalue weighted by Gasteiger charge is -2.18. The highest BCUT2D eigenvalue weighted by atomic mass is 16.5. The highest BCUT2D eigenvalue weighted by Gasteiger charge is 2.20. The molecule has 3 aromatic rings. The van der Waals surface area contributed by atoms with Crippen LogP contribution in [0, 0.1) is 6.92 Å². The Labute approximate surface area is 181 Å². The van der Waals surface area contributed by atoms with Gasteiger partial charge in [-0.3, -0.25) is 4.79 Å². The number of rotatable bonds is 6. The van der Waals surface area contributed by atoms with E-state index in [1.54, 1.807) is 32.4 Å². The topological polar surface area (TPSA) is 71.6 Å². The van der Waals surface area contributed by atoms with E-state index in [1.807, 2.05) is 42.6 Å². The van der Waals surface area contributed by atoms with Crippen molar-refractivity contribution < 1.29 is 14.3 Å². The summed E-state index contributed by atoms with van der Waals surface area (Å²) in [4.78, 5) is 12.8. The average Bonchev–Trinajstić information content (AvgIpc) is 3.30. The second-order valence-corrected chi connectivity index (χ2v) is 7.29. The number of carbonyl (C=O) groups excluding carboxylic acids is 1. The van der Waals surface area contributed by atoms with Crippen LogP contribution in [0.15, 0.2) is 72.9 Å². The Bertz CT molecular complexity index is 1100. The summed E-state index contributed by atoms with van der Waals surface area (Å²) in [6.07, 6.45) is 1.90. The van der Waals surface area contributed by atoms with Gasteiger partial charge in [0.15, 0.2) is 0 Å². The van der Waals surface area contributed by atoms with Gasteiger partial charge in [-0.15, -0.1) is 0 Å². The van der Waals surface area contributed by atoms with Gasteiger partial charge >= 0.3 is 0 Å². The van der Waals surface area contributed by atoms with Gasteiger partial charge in [0.05, 0.1) is 19.9 Å². The van der Waals surface area contributed by atoms with Gasteiger partial charge in [0.1, 0.15) is 17.7 Å². The minimum absolute atomic E-state index is 0.0797. The van der Waals surface area contributed by atoms with E-state index >= 15 is 0 Å². The number of methoxy groups -OCH3 is 2. The molecular weight excluding hydrogens is 390 g/mol. The van der Waals surface area contributed by atoms with E-state index < -0.39 is 0 Å². The van der Waals surface area contributed by atoms with Crippen LogP contribution in [0.5, 0.6) is 11.5 Å². The van der Waals surface area contributed by atoms with Crippen molar-refractivity contribution in [3.8, 4) is 11.5 Å². The normalized spacial score (nSPS) is 14.8. The molecular formula is C25H25N3O3. The Balaban J connectivity index is 1.52. The maximum atomic E-state index is 12.8. The first kappa shape index (κ1) is 20.3. The summed E-state index contributed by atoms with van der Waals surface area (Å²) >= 11 is 0. The molecule has 1 atom stereocenters. The molecule has 1 unspecified atom stereocenters. The fourth-order valence-corrected chi connectivity index (χ4v) is 3.53. The number of anilines is 1. The molecule has 3 N–H and O–H groups in total. The third-order valence-electron chi connectivity index (χ3n) is 5.24. The minimum atomic E-state index is -0.234. The van der Waals surface area contributed by atoms with E-state index in [2.05, 4.69) is 35.0 Å². The zero-order valence-electron chi connectivity index (χ0n) is 17.7. The van der Waals surface area contributed by atoms with Crippen molar-refractivity contribution in [3.05, 3.63) is 95.2 Å². The monoisotopic (exact) mass is 415 g/mol. The molecule has 0 aliphatic carbocycles. The molecule has 1 amide bonds. The molecule has 0 radical (unpaired) electrons. The fourth-order valence-electron chi connectivity index (χ4n) is 3.53. The number of nitrogens with one attached hydrogen (secondary N) is 3. The van der Waals surface area contributed by atoms with Gasteiger partial charge in [-0.05, 0) is 47.9 Å². The summed E-state index contributed by atoms with van der Waals surface area (Å²) in [6.45, 7) is 2.05. The van der Waals surface area contributed by atoms with Gasteiger partial charge in [0.25, 0.3) is 5.91 Å². The van der Waals surface area contributed by atoms with E-state index in [9.17, 15) is 4.79 Å². The van der Waals surface area contributed by atoms with Crippen molar-refractivity contribution in [3.63, 3.8) is 0 Å². The van der Waals surface area contributed by atoms with Crippen molar-refractivity contribution in [2.75, 3.05) is 19.5 Å². The summed E-state index contributed by atoms with van der Waals surface area (Å²) in [6, 6.07) is 21.1. The van der Waals surface area contributed by atoms with Crippen molar-refractivity contribution in [1.29, 1.82) is 0 Å². The zero-order chi connectivity index (χ0) is 21.8. The van der Waals surface area contributed by atoms with E-state index in [-0.39, 0.29) is 12.1 Å². The van der Waals surface area contributed by atoms with Crippen LogP contribution in [0.2, 0.25) is 0 Å². The molecule has 0 saturated heterocycles. The van der Waals surface area contributed by atoms with Gasteiger partial charge in [-0.1, -0.05) is 36.4 Å². The molecule has 3 aromatic carbocycles.